The average molecular weight is 572 g/mol. The van der Waals surface area contributed by atoms with Crippen LogP contribution in [-0.2, 0) is 28.7 Å². The fourth-order valence-electron chi connectivity index (χ4n) is 6.28. The van der Waals surface area contributed by atoms with Crippen LogP contribution in [-0.4, -0.2) is 83.8 Å². The minimum absolute atomic E-state index is 0.112. The number of allylic oxidation sites excluding steroid dienone is 1. The maximum absolute atomic E-state index is 14.6. The Morgan fingerprint density at radius 2 is 1.98 bits per heavy atom. The number of ether oxygens (including phenoxy) is 2. The van der Waals surface area contributed by atoms with Crippen molar-refractivity contribution in [2.45, 2.75) is 57.0 Å². The number of aryl methyl sites for hydroxylation is 1. The number of esters is 1. The smallest absolute Gasteiger partial charge is 0.313 e. The molecule has 0 unspecified atom stereocenters. The number of hydrogen-bond donors (Lipinski definition) is 2. The molecule has 0 aromatic heterocycles. The molecule has 1 aromatic rings. The molecule has 2 fully saturated rings. The molecule has 6 atom stereocenters. The van der Waals surface area contributed by atoms with Crippen molar-refractivity contribution in [1.82, 2.24) is 10.2 Å². The van der Waals surface area contributed by atoms with Gasteiger partial charge in [-0.2, -0.15) is 0 Å². The fourth-order valence-corrected chi connectivity index (χ4v) is 6.60. The summed E-state index contributed by atoms with van der Waals surface area (Å²) in [7, 11) is 0. The van der Waals surface area contributed by atoms with Gasteiger partial charge >= 0.3 is 5.97 Å². The molecule has 0 aliphatic carbocycles. The van der Waals surface area contributed by atoms with Crippen LogP contribution in [0, 0.1) is 18.8 Å². The van der Waals surface area contributed by atoms with E-state index in [1.54, 1.807) is 37.3 Å². The van der Waals surface area contributed by atoms with Crippen molar-refractivity contribution in [3.8, 4) is 0 Å². The van der Waals surface area contributed by atoms with Crippen molar-refractivity contribution in [3.05, 3.63) is 53.1 Å². The van der Waals surface area contributed by atoms with Gasteiger partial charge in [0.15, 0.2) is 0 Å². The van der Waals surface area contributed by atoms with Gasteiger partial charge in [-0.15, -0.1) is 0 Å². The highest BCUT2D eigenvalue weighted by atomic mass is 35.5. The van der Waals surface area contributed by atoms with Crippen molar-refractivity contribution in [2.75, 3.05) is 31.1 Å². The summed E-state index contributed by atoms with van der Waals surface area (Å²) in [4.78, 5) is 57.3. The number of nitrogens with one attached hydrogen (secondary N) is 1. The molecule has 11 heteroatoms. The molecule has 1 aromatic carbocycles. The number of para-hydroxylation sites is 1. The largest absolute Gasteiger partial charge is 0.460 e. The van der Waals surface area contributed by atoms with Crippen LogP contribution in [0.15, 0.2) is 42.5 Å². The normalized spacial score (nSPS) is 33.2. The van der Waals surface area contributed by atoms with Gasteiger partial charge in [0, 0.05) is 26.1 Å². The number of carbonyl (C=O) groups excluding carboxylic acids is 4. The molecular weight excluding hydrogens is 538 g/mol. The predicted molar refractivity (Wildman–Crippen MR) is 146 cm³/mol. The van der Waals surface area contributed by atoms with Gasteiger partial charge in [-0.05, 0) is 38.3 Å². The third kappa shape index (κ3) is 4.82. The number of aliphatic hydroxyl groups excluding tert-OH is 1. The number of cyclic esters (lactones) is 1. The topological polar surface area (TPSA) is 125 Å². The molecule has 2 N–H and O–H groups in total. The summed E-state index contributed by atoms with van der Waals surface area (Å²) >= 11 is 6.63. The van der Waals surface area contributed by atoms with E-state index in [4.69, 9.17) is 21.1 Å². The second-order valence-corrected chi connectivity index (χ2v) is 11.1. The van der Waals surface area contributed by atoms with Gasteiger partial charge in [0.1, 0.15) is 23.7 Å². The Labute approximate surface area is 237 Å². The third-order valence-electron chi connectivity index (χ3n) is 8.06. The first-order valence-corrected chi connectivity index (χ1v) is 14.0. The standard InChI is InChI=1S/C29H34ClN3O7/c1-17-8-6-9-19(30)24(17)32-13-5-3-4-10-21(35)31-16-18(2)39-28(38)22-20-11-12-29(40-20)23(22)26(36)33(14-7-15-34)25(29)27(32)37/h3,5-6,8-9,11-12,18,20,22-23,25,34H,4,7,10,13-16H2,1-2H3,(H,31,35)/b5-3-/t18-,20+,22-,23-,25+,29-/m1/s1. The SMILES string of the molecule is Cc1cccc(Cl)c1N1C/C=C\CCC(=O)NC[C@@H](C)OC(=O)[C@@H]2[C@@H]3C=C[C@]4(O3)[C@H](C1=O)N(CCCO)C(=O)[C@@H]24. The molecule has 5 bridgehead atoms. The van der Waals surface area contributed by atoms with E-state index in [-0.39, 0.29) is 45.0 Å². The molecule has 40 heavy (non-hydrogen) atoms. The van der Waals surface area contributed by atoms with E-state index in [2.05, 4.69) is 5.32 Å². The van der Waals surface area contributed by atoms with Crippen LogP contribution in [0.2, 0.25) is 5.02 Å². The number of amides is 3. The van der Waals surface area contributed by atoms with E-state index in [0.29, 0.717) is 17.1 Å². The van der Waals surface area contributed by atoms with Crippen molar-refractivity contribution in [1.29, 1.82) is 0 Å². The van der Waals surface area contributed by atoms with E-state index < -0.39 is 53.5 Å². The highest BCUT2D eigenvalue weighted by Gasteiger charge is 2.73. The van der Waals surface area contributed by atoms with E-state index in [9.17, 15) is 24.3 Å². The van der Waals surface area contributed by atoms with Gasteiger partial charge < -0.3 is 29.7 Å². The maximum Gasteiger partial charge on any atom is 0.313 e. The van der Waals surface area contributed by atoms with Gasteiger partial charge in [-0.25, -0.2) is 0 Å². The highest BCUT2D eigenvalue weighted by molar-refractivity contribution is 6.34. The number of anilines is 1. The molecule has 3 amide bonds. The van der Waals surface area contributed by atoms with Crippen LogP contribution in [0.1, 0.15) is 31.7 Å². The van der Waals surface area contributed by atoms with Crippen molar-refractivity contribution in [2.24, 2.45) is 11.8 Å². The Balaban J connectivity index is 1.62. The van der Waals surface area contributed by atoms with Crippen LogP contribution in [0.5, 0.6) is 0 Å². The Bertz CT molecular complexity index is 1250. The first-order chi connectivity index (χ1) is 19.2. The van der Waals surface area contributed by atoms with Crippen LogP contribution in [0.3, 0.4) is 0 Å². The second-order valence-electron chi connectivity index (χ2n) is 10.7. The summed E-state index contributed by atoms with van der Waals surface area (Å²) in [5.41, 5.74) is -0.104. The average Bonchev–Trinajstić information content (AvgIpc) is 3.55. The second kappa shape index (κ2) is 11.3. The van der Waals surface area contributed by atoms with E-state index in [1.165, 1.54) is 9.80 Å². The zero-order valence-electron chi connectivity index (χ0n) is 22.5. The summed E-state index contributed by atoms with van der Waals surface area (Å²) < 4.78 is 12.0. The number of benzene rings is 1. The van der Waals surface area contributed by atoms with E-state index in [1.807, 2.05) is 19.1 Å². The number of likely N-dealkylation sites (tertiary alicyclic amines) is 1. The highest BCUT2D eigenvalue weighted by Crippen LogP contribution is 2.56. The zero-order chi connectivity index (χ0) is 28.6. The maximum atomic E-state index is 14.6. The van der Waals surface area contributed by atoms with Gasteiger partial charge in [0.2, 0.25) is 11.8 Å². The predicted octanol–water partition coefficient (Wildman–Crippen LogP) is 1.91. The minimum atomic E-state index is -1.37. The van der Waals surface area contributed by atoms with Gasteiger partial charge in [-0.3, -0.25) is 19.2 Å². The van der Waals surface area contributed by atoms with Crippen molar-refractivity contribution < 1.29 is 33.8 Å². The number of aliphatic hydroxyl groups is 1. The summed E-state index contributed by atoms with van der Waals surface area (Å²) in [5, 5.41) is 12.7. The summed E-state index contributed by atoms with van der Waals surface area (Å²) in [6.07, 6.45) is 6.65. The van der Waals surface area contributed by atoms with E-state index in [0.717, 1.165) is 5.56 Å². The molecule has 5 rings (SSSR count). The van der Waals surface area contributed by atoms with Gasteiger partial charge in [0.05, 0.1) is 29.3 Å². The van der Waals surface area contributed by atoms with Crippen LogP contribution in [0.25, 0.3) is 0 Å². The number of fused-ring (bicyclic) bond motifs is 2. The zero-order valence-corrected chi connectivity index (χ0v) is 23.3. The lowest BCUT2D eigenvalue weighted by molar-refractivity contribution is -0.158. The molecule has 0 radical (unpaired) electrons. The summed E-state index contributed by atoms with van der Waals surface area (Å²) in [5.74, 6) is -3.53. The van der Waals surface area contributed by atoms with E-state index >= 15 is 0 Å². The van der Waals surface area contributed by atoms with Crippen molar-refractivity contribution in [3.63, 3.8) is 0 Å². The van der Waals surface area contributed by atoms with Crippen LogP contribution >= 0.6 is 11.6 Å². The summed E-state index contributed by atoms with van der Waals surface area (Å²) in [6.45, 7) is 3.73. The molecule has 4 heterocycles. The van der Waals surface area contributed by atoms with Gasteiger partial charge in [0.25, 0.3) is 5.91 Å². The number of rotatable bonds is 4. The fraction of sp³-hybridized carbons (Fsp3) is 0.517. The van der Waals surface area contributed by atoms with Crippen LogP contribution < -0.4 is 10.2 Å². The molecule has 214 valence electrons. The first-order valence-electron chi connectivity index (χ1n) is 13.7. The quantitative estimate of drug-likeness (QED) is 0.418. The van der Waals surface area contributed by atoms with Gasteiger partial charge in [-0.1, -0.05) is 48.0 Å². The first kappa shape index (κ1) is 28.3. The number of carbonyl (C=O) groups is 4. The lowest BCUT2D eigenvalue weighted by Crippen LogP contribution is -2.56. The lowest BCUT2D eigenvalue weighted by atomic mass is 9.74. The number of hydrogen-bond acceptors (Lipinski definition) is 7. The van der Waals surface area contributed by atoms with Crippen molar-refractivity contribution >= 4 is 41.0 Å². The molecule has 1 spiro atoms. The number of halogens is 1. The Morgan fingerprint density at radius 1 is 1.18 bits per heavy atom. The number of nitrogens with zero attached hydrogens (tertiary/aromatic N) is 2. The molecule has 2 saturated heterocycles. The molecule has 0 saturated carbocycles. The minimum Gasteiger partial charge on any atom is -0.460 e. The third-order valence-corrected chi connectivity index (χ3v) is 8.36. The molecule has 10 nitrogen and oxygen atoms in total. The Hall–Kier alpha value is -3.21. The van der Waals surface area contributed by atoms with Crippen LogP contribution in [0.4, 0.5) is 5.69 Å². The summed E-state index contributed by atoms with van der Waals surface area (Å²) in [6, 6.07) is 4.25. The molecule has 4 aliphatic heterocycles. The Morgan fingerprint density at radius 3 is 2.73 bits per heavy atom. The monoisotopic (exact) mass is 571 g/mol. The lowest BCUT2D eigenvalue weighted by Gasteiger charge is -2.36. The molecule has 4 aliphatic rings. The molecular formula is C29H34ClN3O7. The Kier molecular flexibility index (Phi) is 8.03.